The number of carboxylic acid groups (broad SMARTS) is 1. The van der Waals surface area contributed by atoms with E-state index >= 15 is 0 Å². The van der Waals surface area contributed by atoms with E-state index in [0.717, 1.165) is 25.7 Å². The fourth-order valence-corrected chi connectivity index (χ4v) is 3.31. The maximum atomic E-state index is 12.4. The summed E-state index contributed by atoms with van der Waals surface area (Å²) in [4.78, 5) is 25.2. The second-order valence-electron chi connectivity index (χ2n) is 6.68. The highest BCUT2D eigenvalue weighted by Gasteiger charge is 2.33. The Hall–Kier alpha value is -1.26. The molecule has 21 heavy (non-hydrogen) atoms. The molecule has 122 valence electrons. The van der Waals surface area contributed by atoms with E-state index in [9.17, 15) is 9.59 Å². The van der Waals surface area contributed by atoms with E-state index in [4.69, 9.17) is 5.11 Å². The van der Waals surface area contributed by atoms with E-state index in [1.54, 1.807) is 0 Å². The molecule has 1 aliphatic rings. The summed E-state index contributed by atoms with van der Waals surface area (Å²) in [6, 6.07) is 0.562. The molecule has 3 unspecified atom stereocenters. The minimum absolute atomic E-state index is 0.00411. The number of nitrogens with one attached hydrogen (secondary N) is 1. The number of aliphatic carboxylic acids is 1. The lowest BCUT2D eigenvalue weighted by molar-refractivity contribution is -0.138. The van der Waals surface area contributed by atoms with Crippen molar-refractivity contribution in [3.8, 4) is 0 Å². The molecule has 1 saturated heterocycles. The van der Waals surface area contributed by atoms with Crippen molar-refractivity contribution in [1.82, 2.24) is 10.2 Å². The molecule has 2 N–H and O–H groups in total. The highest BCUT2D eigenvalue weighted by Crippen LogP contribution is 2.26. The van der Waals surface area contributed by atoms with E-state index in [2.05, 4.69) is 33.0 Å². The molecular formula is C16H30N2O3. The van der Waals surface area contributed by atoms with Crippen LogP contribution in [0.1, 0.15) is 59.8 Å². The summed E-state index contributed by atoms with van der Waals surface area (Å²) in [5.41, 5.74) is 0. The number of hydrogen-bond donors (Lipinski definition) is 2. The highest BCUT2D eigenvalue weighted by molar-refractivity contribution is 5.75. The molecule has 0 aromatic rings. The third-order valence-electron chi connectivity index (χ3n) is 4.30. The lowest BCUT2D eigenvalue weighted by atomic mass is 9.94. The van der Waals surface area contributed by atoms with Gasteiger partial charge in [-0.2, -0.15) is 0 Å². The molecule has 5 nitrogen and oxygen atoms in total. The van der Waals surface area contributed by atoms with Crippen LogP contribution in [0.2, 0.25) is 0 Å². The summed E-state index contributed by atoms with van der Waals surface area (Å²) in [5.74, 6) is -0.360. The first kappa shape index (κ1) is 17.8. The number of rotatable bonds is 7. The lowest BCUT2D eigenvalue weighted by Gasteiger charge is -2.29. The van der Waals surface area contributed by atoms with E-state index in [1.165, 1.54) is 0 Å². The van der Waals surface area contributed by atoms with Crippen molar-refractivity contribution in [2.24, 2.45) is 11.8 Å². The molecule has 2 amide bonds. The summed E-state index contributed by atoms with van der Waals surface area (Å²) in [6.45, 7) is 8.79. The summed E-state index contributed by atoms with van der Waals surface area (Å²) in [6.07, 6.45) is 4.03. The molecule has 0 saturated carbocycles. The highest BCUT2D eigenvalue weighted by atomic mass is 16.4. The van der Waals surface area contributed by atoms with Crippen LogP contribution in [0, 0.1) is 11.8 Å². The van der Waals surface area contributed by atoms with E-state index in [1.807, 2.05) is 4.90 Å². The smallest absolute Gasteiger partial charge is 0.317 e. The Balaban J connectivity index is 2.53. The average molecular weight is 298 g/mol. The second kappa shape index (κ2) is 8.25. The largest absolute Gasteiger partial charge is 0.481 e. The number of nitrogens with zero attached hydrogens (tertiary/aromatic N) is 1. The maximum Gasteiger partial charge on any atom is 0.317 e. The molecule has 1 aliphatic heterocycles. The van der Waals surface area contributed by atoms with Gasteiger partial charge in [-0.05, 0) is 44.4 Å². The van der Waals surface area contributed by atoms with E-state index in [0.29, 0.717) is 18.5 Å². The Kier molecular flexibility index (Phi) is 6.99. The standard InChI is InChI=1S/C16H30N2O3/c1-5-14-7-6-12(4)18(14)16(21)17-10-13(8-11(2)3)9-15(19)20/h11-14H,5-10H2,1-4H3,(H,17,21)(H,19,20). The summed E-state index contributed by atoms with van der Waals surface area (Å²) >= 11 is 0. The Morgan fingerprint density at radius 2 is 2.00 bits per heavy atom. The molecule has 1 fully saturated rings. The van der Waals surface area contributed by atoms with Gasteiger partial charge in [0.05, 0.1) is 0 Å². The summed E-state index contributed by atoms with van der Waals surface area (Å²) in [7, 11) is 0. The van der Waals surface area contributed by atoms with Crippen LogP contribution >= 0.6 is 0 Å². The number of likely N-dealkylation sites (tertiary alicyclic amines) is 1. The molecule has 0 spiro atoms. The molecule has 0 radical (unpaired) electrons. The topological polar surface area (TPSA) is 69.6 Å². The van der Waals surface area contributed by atoms with Gasteiger partial charge in [-0.3, -0.25) is 4.79 Å². The Morgan fingerprint density at radius 3 is 2.52 bits per heavy atom. The van der Waals surface area contributed by atoms with E-state index < -0.39 is 5.97 Å². The third kappa shape index (κ3) is 5.56. The molecule has 0 aromatic heterocycles. The van der Waals surface area contributed by atoms with Gasteiger partial charge in [0.2, 0.25) is 0 Å². The molecular weight excluding hydrogens is 268 g/mol. The van der Waals surface area contributed by atoms with Gasteiger partial charge in [-0.25, -0.2) is 4.79 Å². The molecule has 5 heteroatoms. The Morgan fingerprint density at radius 1 is 1.33 bits per heavy atom. The van der Waals surface area contributed by atoms with Crippen LogP contribution in [-0.2, 0) is 4.79 Å². The van der Waals surface area contributed by atoms with Gasteiger partial charge >= 0.3 is 12.0 Å². The quantitative estimate of drug-likeness (QED) is 0.759. The summed E-state index contributed by atoms with van der Waals surface area (Å²) < 4.78 is 0. The van der Waals surface area contributed by atoms with Crippen LogP contribution in [0.15, 0.2) is 0 Å². The molecule has 0 aliphatic carbocycles. The number of hydrogen-bond acceptors (Lipinski definition) is 2. The number of carbonyl (C=O) groups excluding carboxylic acids is 1. The van der Waals surface area contributed by atoms with Gasteiger partial charge in [0, 0.05) is 25.0 Å². The molecule has 3 atom stereocenters. The number of amides is 2. The van der Waals surface area contributed by atoms with Crippen molar-refractivity contribution in [1.29, 1.82) is 0 Å². The minimum Gasteiger partial charge on any atom is -0.481 e. The summed E-state index contributed by atoms with van der Waals surface area (Å²) in [5, 5.41) is 11.9. The first-order valence-corrected chi connectivity index (χ1v) is 8.13. The first-order valence-electron chi connectivity index (χ1n) is 8.13. The van der Waals surface area contributed by atoms with Crippen molar-refractivity contribution >= 4 is 12.0 Å². The minimum atomic E-state index is -0.795. The fraction of sp³-hybridized carbons (Fsp3) is 0.875. The van der Waals surface area contributed by atoms with Crippen molar-refractivity contribution in [3.63, 3.8) is 0 Å². The molecule has 0 bridgehead atoms. The normalized spacial score (nSPS) is 23.4. The first-order chi connectivity index (χ1) is 9.85. The molecule has 0 aromatic carbocycles. The fourth-order valence-electron chi connectivity index (χ4n) is 3.31. The van der Waals surface area contributed by atoms with Crippen molar-refractivity contribution in [2.75, 3.05) is 6.54 Å². The zero-order valence-electron chi connectivity index (χ0n) is 13.8. The maximum absolute atomic E-state index is 12.4. The van der Waals surface area contributed by atoms with Crippen LogP contribution < -0.4 is 5.32 Å². The zero-order valence-corrected chi connectivity index (χ0v) is 13.8. The van der Waals surface area contributed by atoms with Crippen molar-refractivity contribution in [2.45, 2.75) is 71.9 Å². The monoisotopic (exact) mass is 298 g/mol. The van der Waals surface area contributed by atoms with Gasteiger partial charge in [0.1, 0.15) is 0 Å². The Bertz CT molecular complexity index is 357. The Labute approximate surface area is 128 Å². The van der Waals surface area contributed by atoms with Crippen LogP contribution in [0.4, 0.5) is 4.79 Å². The van der Waals surface area contributed by atoms with E-state index in [-0.39, 0.29) is 24.4 Å². The van der Waals surface area contributed by atoms with Crippen molar-refractivity contribution in [3.05, 3.63) is 0 Å². The van der Waals surface area contributed by atoms with Crippen LogP contribution in [0.5, 0.6) is 0 Å². The third-order valence-corrected chi connectivity index (χ3v) is 4.30. The van der Waals surface area contributed by atoms with Crippen LogP contribution in [-0.4, -0.2) is 40.6 Å². The number of carbonyl (C=O) groups is 2. The SMILES string of the molecule is CCC1CCC(C)N1C(=O)NCC(CC(=O)O)CC(C)C. The van der Waals surface area contributed by atoms with Gasteiger partial charge < -0.3 is 15.3 Å². The average Bonchev–Trinajstić information content (AvgIpc) is 2.75. The van der Waals surface area contributed by atoms with Gasteiger partial charge in [-0.1, -0.05) is 20.8 Å². The predicted molar refractivity (Wildman–Crippen MR) is 83.2 cm³/mol. The lowest BCUT2D eigenvalue weighted by Crippen LogP contribution is -2.47. The van der Waals surface area contributed by atoms with Crippen LogP contribution in [0.3, 0.4) is 0 Å². The molecule has 1 rings (SSSR count). The van der Waals surface area contributed by atoms with Gasteiger partial charge in [0.15, 0.2) is 0 Å². The van der Waals surface area contributed by atoms with Crippen molar-refractivity contribution < 1.29 is 14.7 Å². The van der Waals surface area contributed by atoms with Crippen LogP contribution in [0.25, 0.3) is 0 Å². The number of carboxylic acids is 1. The number of urea groups is 1. The predicted octanol–water partition coefficient (Wildman–Crippen LogP) is 3.10. The van der Waals surface area contributed by atoms with Gasteiger partial charge in [-0.15, -0.1) is 0 Å². The molecule has 1 heterocycles. The zero-order chi connectivity index (χ0) is 16.0. The second-order valence-corrected chi connectivity index (χ2v) is 6.68. The van der Waals surface area contributed by atoms with Gasteiger partial charge in [0.25, 0.3) is 0 Å².